The lowest BCUT2D eigenvalue weighted by molar-refractivity contribution is 0.0520. The van der Waals surface area contributed by atoms with Gasteiger partial charge in [-0.05, 0) is 42.3 Å². The normalized spacial score (nSPS) is 18.5. The highest BCUT2D eigenvalue weighted by Crippen LogP contribution is 2.29. The van der Waals surface area contributed by atoms with Gasteiger partial charge in [-0.2, -0.15) is 4.31 Å². The van der Waals surface area contributed by atoms with Crippen LogP contribution in [0.5, 0.6) is 5.75 Å². The number of aryl methyl sites for hydroxylation is 1. The van der Waals surface area contributed by atoms with Crippen LogP contribution in [0.2, 0.25) is 0 Å². The van der Waals surface area contributed by atoms with E-state index in [9.17, 15) is 8.42 Å². The molecular formula is C20H23NO4S. The molecule has 3 rings (SSSR count). The molecule has 0 bridgehead atoms. The monoisotopic (exact) mass is 373 g/mol. The van der Waals surface area contributed by atoms with Gasteiger partial charge in [0.05, 0.1) is 31.3 Å². The van der Waals surface area contributed by atoms with Crippen molar-refractivity contribution in [3.05, 3.63) is 66.2 Å². The molecule has 1 fully saturated rings. The number of hydrogen-bond acceptors (Lipinski definition) is 4. The molecule has 0 N–H and O–H groups in total. The molecule has 0 radical (unpaired) electrons. The summed E-state index contributed by atoms with van der Waals surface area (Å²) in [4.78, 5) is 0.289. The van der Waals surface area contributed by atoms with Gasteiger partial charge in [0.15, 0.2) is 0 Å². The number of hydrogen-bond donors (Lipinski definition) is 0. The van der Waals surface area contributed by atoms with Gasteiger partial charge in [-0.25, -0.2) is 8.42 Å². The highest BCUT2D eigenvalue weighted by atomic mass is 32.2. The molecule has 1 saturated heterocycles. The summed E-state index contributed by atoms with van der Waals surface area (Å²) in [6, 6.07) is 13.9. The molecule has 6 heteroatoms. The molecule has 1 atom stereocenters. The van der Waals surface area contributed by atoms with Crippen LogP contribution in [0.25, 0.3) is 5.57 Å². The molecule has 0 spiro atoms. The number of methoxy groups -OCH3 is 1. The quantitative estimate of drug-likeness (QED) is 0.808. The maximum Gasteiger partial charge on any atom is 0.243 e. The molecule has 26 heavy (non-hydrogen) atoms. The third-order valence-electron chi connectivity index (χ3n) is 4.57. The van der Waals surface area contributed by atoms with E-state index in [1.165, 1.54) is 4.31 Å². The Morgan fingerprint density at radius 1 is 1.15 bits per heavy atom. The second-order valence-electron chi connectivity index (χ2n) is 6.27. The summed E-state index contributed by atoms with van der Waals surface area (Å²) in [5.41, 5.74) is 2.60. The number of morpholine rings is 1. The second-order valence-corrected chi connectivity index (χ2v) is 8.16. The first-order valence-corrected chi connectivity index (χ1v) is 9.87. The Bertz CT molecular complexity index is 873. The van der Waals surface area contributed by atoms with E-state index in [0.717, 1.165) is 16.9 Å². The van der Waals surface area contributed by atoms with E-state index >= 15 is 0 Å². The molecule has 1 aliphatic rings. The third kappa shape index (κ3) is 3.67. The molecule has 2 aromatic rings. The van der Waals surface area contributed by atoms with Crippen LogP contribution in [0.3, 0.4) is 0 Å². The molecule has 1 aliphatic heterocycles. The number of benzene rings is 2. The van der Waals surface area contributed by atoms with Crippen molar-refractivity contribution in [3.63, 3.8) is 0 Å². The van der Waals surface area contributed by atoms with Gasteiger partial charge in [0.1, 0.15) is 5.75 Å². The van der Waals surface area contributed by atoms with Crippen molar-refractivity contribution in [2.75, 3.05) is 26.9 Å². The summed E-state index contributed by atoms with van der Waals surface area (Å²) in [6.07, 6.45) is 0. The van der Waals surface area contributed by atoms with Gasteiger partial charge in [-0.3, -0.25) is 0 Å². The van der Waals surface area contributed by atoms with Gasteiger partial charge >= 0.3 is 0 Å². The van der Waals surface area contributed by atoms with E-state index in [2.05, 4.69) is 6.58 Å². The SMILES string of the molecule is C=C(c1ccc(OC)cc1)C1COCCN1S(=O)(=O)c1ccc(C)cc1. The first-order chi connectivity index (χ1) is 12.4. The number of rotatable bonds is 5. The highest BCUT2D eigenvalue weighted by Gasteiger charge is 2.35. The van der Waals surface area contributed by atoms with E-state index in [-0.39, 0.29) is 11.5 Å². The van der Waals surface area contributed by atoms with E-state index in [0.29, 0.717) is 18.7 Å². The molecule has 0 amide bonds. The number of sulfonamides is 1. The lowest BCUT2D eigenvalue weighted by Crippen LogP contribution is -2.48. The zero-order valence-electron chi connectivity index (χ0n) is 15.0. The lowest BCUT2D eigenvalue weighted by Gasteiger charge is -2.36. The lowest BCUT2D eigenvalue weighted by atomic mass is 10.00. The molecule has 1 heterocycles. The van der Waals surface area contributed by atoms with Crippen LogP contribution >= 0.6 is 0 Å². The average molecular weight is 373 g/mol. The Hall–Kier alpha value is -2.15. The van der Waals surface area contributed by atoms with Gasteiger partial charge < -0.3 is 9.47 Å². The topological polar surface area (TPSA) is 55.8 Å². The highest BCUT2D eigenvalue weighted by molar-refractivity contribution is 7.89. The molecule has 0 saturated carbocycles. The molecule has 1 unspecified atom stereocenters. The fourth-order valence-corrected chi connectivity index (χ4v) is 4.58. The first kappa shape index (κ1) is 18.6. The Morgan fingerprint density at radius 2 is 1.81 bits per heavy atom. The predicted molar refractivity (Wildman–Crippen MR) is 102 cm³/mol. The molecule has 0 aliphatic carbocycles. The minimum atomic E-state index is -3.63. The number of ether oxygens (including phenoxy) is 2. The standard InChI is InChI=1S/C20H23NO4S/c1-15-4-10-19(11-5-15)26(22,23)21-12-13-25-14-20(21)16(2)17-6-8-18(24-3)9-7-17/h4-11,20H,2,12-14H2,1,3H3. The van der Waals surface area contributed by atoms with Crippen molar-refractivity contribution in [3.8, 4) is 5.75 Å². The third-order valence-corrected chi connectivity index (χ3v) is 6.49. The summed E-state index contributed by atoms with van der Waals surface area (Å²) in [7, 11) is -2.02. The minimum absolute atomic E-state index is 0.288. The van der Waals surface area contributed by atoms with Gasteiger partial charge in [-0.1, -0.05) is 36.4 Å². The average Bonchev–Trinajstić information content (AvgIpc) is 2.68. The summed E-state index contributed by atoms with van der Waals surface area (Å²) in [6.45, 7) is 7.04. The van der Waals surface area contributed by atoms with Crippen molar-refractivity contribution in [1.29, 1.82) is 0 Å². The van der Waals surface area contributed by atoms with E-state index in [1.54, 1.807) is 31.4 Å². The number of nitrogens with zero attached hydrogens (tertiary/aromatic N) is 1. The van der Waals surface area contributed by atoms with Crippen LogP contribution in [0.1, 0.15) is 11.1 Å². The second kappa shape index (κ2) is 7.61. The van der Waals surface area contributed by atoms with Crippen LogP contribution in [0, 0.1) is 6.92 Å². The van der Waals surface area contributed by atoms with Gasteiger partial charge in [0, 0.05) is 6.54 Å². The smallest absolute Gasteiger partial charge is 0.243 e. The van der Waals surface area contributed by atoms with Crippen molar-refractivity contribution in [2.45, 2.75) is 17.9 Å². The van der Waals surface area contributed by atoms with Crippen molar-refractivity contribution >= 4 is 15.6 Å². The summed E-state index contributed by atoms with van der Waals surface area (Å²) >= 11 is 0. The van der Waals surface area contributed by atoms with Crippen LogP contribution in [0.15, 0.2) is 60.0 Å². The minimum Gasteiger partial charge on any atom is -0.497 e. The van der Waals surface area contributed by atoms with Crippen LogP contribution < -0.4 is 4.74 Å². The predicted octanol–water partition coefficient (Wildman–Crippen LogP) is 3.11. The van der Waals surface area contributed by atoms with Gasteiger partial charge in [-0.15, -0.1) is 0 Å². The van der Waals surface area contributed by atoms with Gasteiger partial charge in [0.2, 0.25) is 10.0 Å². The molecular weight excluding hydrogens is 350 g/mol. The van der Waals surface area contributed by atoms with E-state index in [4.69, 9.17) is 9.47 Å². The zero-order chi connectivity index (χ0) is 18.7. The maximum atomic E-state index is 13.2. The van der Waals surface area contributed by atoms with E-state index in [1.807, 2.05) is 31.2 Å². The first-order valence-electron chi connectivity index (χ1n) is 8.43. The Morgan fingerprint density at radius 3 is 2.42 bits per heavy atom. The van der Waals surface area contributed by atoms with Crippen molar-refractivity contribution < 1.29 is 17.9 Å². The van der Waals surface area contributed by atoms with E-state index < -0.39 is 16.1 Å². The maximum absolute atomic E-state index is 13.2. The van der Waals surface area contributed by atoms with Crippen molar-refractivity contribution in [2.24, 2.45) is 0 Å². The van der Waals surface area contributed by atoms with Crippen LogP contribution in [0.4, 0.5) is 0 Å². The van der Waals surface area contributed by atoms with Crippen molar-refractivity contribution in [1.82, 2.24) is 4.31 Å². The molecule has 2 aromatic carbocycles. The Labute approximate surface area is 154 Å². The summed E-state index contributed by atoms with van der Waals surface area (Å²) in [5.74, 6) is 0.741. The molecule has 138 valence electrons. The van der Waals surface area contributed by atoms with Crippen LogP contribution in [-0.2, 0) is 14.8 Å². The summed E-state index contributed by atoms with van der Waals surface area (Å²) < 4.78 is 38.5. The fourth-order valence-electron chi connectivity index (χ4n) is 2.99. The summed E-state index contributed by atoms with van der Waals surface area (Å²) in [5, 5.41) is 0. The molecule has 5 nitrogen and oxygen atoms in total. The van der Waals surface area contributed by atoms with Crippen LogP contribution in [-0.4, -0.2) is 45.6 Å². The largest absolute Gasteiger partial charge is 0.497 e. The fraction of sp³-hybridized carbons (Fsp3) is 0.300. The van der Waals surface area contributed by atoms with Gasteiger partial charge in [0.25, 0.3) is 0 Å². The Balaban J connectivity index is 1.91. The zero-order valence-corrected chi connectivity index (χ0v) is 15.8. The Kier molecular flexibility index (Phi) is 5.46. The molecule has 0 aromatic heterocycles.